The summed E-state index contributed by atoms with van der Waals surface area (Å²) in [6.45, 7) is 5.75. The van der Waals surface area contributed by atoms with Crippen LogP contribution in [-0.2, 0) is 19.7 Å². The molecule has 10 heteroatoms. The van der Waals surface area contributed by atoms with Crippen LogP contribution in [0.5, 0.6) is 5.75 Å². The molecule has 1 amide bonds. The van der Waals surface area contributed by atoms with Gasteiger partial charge in [0.25, 0.3) is 5.91 Å². The number of likely N-dealkylation sites (tertiary alicyclic amines) is 1. The van der Waals surface area contributed by atoms with Crippen LogP contribution >= 0.6 is 0 Å². The Hall–Kier alpha value is -3.79. The summed E-state index contributed by atoms with van der Waals surface area (Å²) in [5.74, 6) is -1.14. The molecule has 39 heavy (non-hydrogen) atoms. The minimum Gasteiger partial charge on any atom is -0.485 e. The number of halogens is 1. The Labute approximate surface area is 225 Å². The van der Waals surface area contributed by atoms with Gasteiger partial charge in [0.05, 0.1) is 42.7 Å². The zero-order chi connectivity index (χ0) is 27.3. The van der Waals surface area contributed by atoms with Gasteiger partial charge in [-0.15, -0.1) is 0 Å². The van der Waals surface area contributed by atoms with E-state index < -0.39 is 11.8 Å². The van der Waals surface area contributed by atoms with Gasteiger partial charge in [-0.1, -0.05) is 18.9 Å². The fourth-order valence-electron chi connectivity index (χ4n) is 5.58. The molecule has 9 nitrogen and oxygen atoms in total. The highest BCUT2D eigenvalue weighted by Crippen LogP contribution is 2.37. The van der Waals surface area contributed by atoms with Crippen molar-refractivity contribution in [1.29, 1.82) is 0 Å². The summed E-state index contributed by atoms with van der Waals surface area (Å²) < 4.78 is 33.3. The Morgan fingerprint density at radius 3 is 2.74 bits per heavy atom. The van der Waals surface area contributed by atoms with Gasteiger partial charge < -0.3 is 19.1 Å². The van der Waals surface area contributed by atoms with Gasteiger partial charge in [-0.05, 0) is 44.9 Å². The Kier molecular flexibility index (Phi) is 6.37. The number of aromatic nitrogens is 3. The Morgan fingerprint density at radius 2 is 2.00 bits per heavy atom. The molecule has 2 fully saturated rings. The Bertz CT molecular complexity index is 1510. The number of hydrogen-bond acceptors (Lipinski definition) is 7. The zero-order valence-electron chi connectivity index (χ0n) is 22.3. The molecule has 1 aromatic carbocycles. The van der Waals surface area contributed by atoms with Gasteiger partial charge in [0.15, 0.2) is 17.2 Å². The number of methoxy groups -OCH3 is 1. The average molecular weight is 535 g/mol. The smallest absolute Gasteiger partial charge is 0.337 e. The number of carbonyl (C=O) groups is 2. The molecule has 1 atom stereocenters. The lowest BCUT2D eigenvalue weighted by atomic mass is 9.84. The maximum absolute atomic E-state index is 15.7. The number of hydrogen-bond donors (Lipinski definition) is 0. The first-order chi connectivity index (χ1) is 18.8. The number of nitrogens with zero attached hydrogens (tertiary/aromatic N) is 4. The molecular weight excluding hydrogens is 503 g/mol. The lowest BCUT2D eigenvalue weighted by Crippen LogP contribution is -2.46. The van der Waals surface area contributed by atoms with Crippen molar-refractivity contribution in [3.63, 3.8) is 0 Å². The number of rotatable bonds is 4. The molecule has 3 aromatic rings. The second-order valence-corrected chi connectivity index (χ2v) is 10.9. The number of esters is 1. The quantitative estimate of drug-likeness (QED) is 0.464. The molecule has 0 aliphatic carbocycles. The Morgan fingerprint density at radius 1 is 1.18 bits per heavy atom. The van der Waals surface area contributed by atoms with Crippen molar-refractivity contribution < 1.29 is 28.2 Å². The first-order valence-electron chi connectivity index (χ1n) is 13.3. The third kappa shape index (κ3) is 4.36. The topological polar surface area (TPSA) is 95.3 Å². The predicted octanol–water partition coefficient (Wildman–Crippen LogP) is 4.18. The maximum Gasteiger partial charge on any atom is 0.337 e. The Balaban J connectivity index is 1.43. The molecule has 2 aromatic heterocycles. The average Bonchev–Trinajstić information content (AvgIpc) is 3.24. The maximum atomic E-state index is 15.7. The van der Waals surface area contributed by atoms with Crippen molar-refractivity contribution in [3.8, 4) is 17.0 Å². The fraction of sp³-hybridized carbons (Fsp3) is 0.448. The molecule has 0 radical (unpaired) electrons. The van der Waals surface area contributed by atoms with Gasteiger partial charge in [-0.2, -0.15) is 5.10 Å². The lowest BCUT2D eigenvalue weighted by Gasteiger charge is -2.38. The minimum atomic E-state index is -0.578. The minimum absolute atomic E-state index is 0.0516. The molecule has 0 N–H and O–H groups in total. The zero-order valence-corrected chi connectivity index (χ0v) is 22.3. The van der Waals surface area contributed by atoms with Gasteiger partial charge in [-0.3, -0.25) is 4.79 Å². The number of carbonyl (C=O) groups excluding carboxylic acids is 2. The van der Waals surface area contributed by atoms with Gasteiger partial charge in [0, 0.05) is 29.8 Å². The van der Waals surface area contributed by atoms with Gasteiger partial charge in [-0.25, -0.2) is 18.7 Å². The number of amides is 1. The van der Waals surface area contributed by atoms with Crippen LogP contribution in [0.25, 0.3) is 23.0 Å². The van der Waals surface area contributed by atoms with Crippen molar-refractivity contribution in [2.75, 3.05) is 33.5 Å². The van der Waals surface area contributed by atoms with Crippen LogP contribution in [0.1, 0.15) is 61.3 Å². The van der Waals surface area contributed by atoms with Gasteiger partial charge in [0.2, 0.25) is 0 Å². The van der Waals surface area contributed by atoms with Crippen molar-refractivity contribution >= 4 is 23.6 Å². The van der Waals surface area contributed by atoms with Crippen LogP contribution in [0.4, 0.5) is 4.39 Å². The summed E-state index contributed by atoms with van der Waals surface area (Å²) in [5, 5.41) is 4.73. The first-order valence-corrected chi connectivity index (χ1v) is 13.3. The molecule has 2 saturated heterocycles. The molecule has 204 valence electrons. The monoisotopic (exact) mass is 534 g/mol. The fourth-order valence-corrected chi connectivity index (χ4v) is 5.58. The molecular formula is C29H31FN4O5. The van der Waals surface area contributed by atoms with Gasteiger partial charge in [0.1, 0.15) is 12.3 Å². The second-order valence-electron chi connectivity index (χ2n) is 10.9. The SMILES string of the molecule is COC(=O)C1=Cc2ccc(-c3cc4nc(C(=O)N5CCCCC[C@H]5C)cc(C5(C)COC5)n4n3)c(F)c2OC1. The van der Waals surface area contributed by atoms with Crippen LogP contribution in [0, 0.1) is 5.82 Å². The standard InChI is InChI=1S/C29H31FN4O5/c1-17-7-5-4-6-10-33(17)27(35)22-12-23(29(2)15-38-16-29)34-24(31-22)13-21(32-34)20-9-8-18-11-19(28(36)37-3)14-39-26(18)25(20)30/h8-9,11-13,17H,4-7,10,14-16H2,1-3H3/t17-/m1/s1. The molecule has 0 bridgehead atoms. The molecule has 3 aliphatic rings. The van der Waals surface area contributed by atoms with E-state index >= 15 is 4.39 Å². The van der Waals surface area contributed by atoms with E-state index in [4.69, 9.17) is 24.3 Å². The molecule has 6 rings (SSSR count). The summed E-state index contributed by atoms with van der Waals surface area (Å²) in [7, 11) is 1.29. The van der Waals surface area contributed by atoms with E-state index in [1.165, 1.54) is 7.11 Å². The largest absolute Gasteiger partial charge is 0.485 e. The van der Waals surface area contributed by atoms with E-state index in [0.29, 0.717) is 47.9 Å². The summed E-state index contributed by atoms with van der Waals surface area (Å²) in [6, 6.07) is 6.94. The molecule has 0 unspecified atom stereocenters. The summed E-state index contributed by atoms with van der Waals surface area (Å²) >= 11 is 0. The summed E-state index contributed by atoms with van der Waals surface area (Å²) in [5.41, 5.74) is 2.64. The molecule has 0 saturated carbocycles. The third-order valence-electron chi connectivity index (χ3n) is 7.97. The normalized spacial score (nSPS) is 20.4. The third-order valence-corrected chi connectivity index (χ3v) is 7.97. The molecule has 0 spiro atoms. The number of ether oxygens (including phenoxy) is 3. The van der Waals surface area contributed by atoms with Crippen LogP contribution in [-0.4, -0.2) is 70.9 Å². The van der Waals surface area contributed by atoms with Crippen molar-refractivity contribution in [2.45, 2.75) is 51.0 Å². The van der Waals surface area contributed by atoms with Crippen molar-refractivity contribution in [1.82, 2.24) is 19.5 Å². The van der Waals surface area contributed by atoms with E-state index in [9.17, 15) is 9.59 Å². The number of fused-ring (bicyclic) bond motifs is 2. The van der Waals surface area contributed by atoms with E-state index in [1.807, 2.05) is 11.0 Å². The highest BCUT2D eigenvalue weighted by molar-refractivity contribution is 5.95. The van der Waals surface area contributed by atoms with Crippen molar-refractivity contribution in [3.05, 3.63) is 52.6 Å². The van der Waals surface area contributed by atoms with Crippen LogP contribution < -0.4 is 4.74 Å². The van der Waals surface area contributed by atoms with E-state index in [-0.39, 0.29) is 35.3 Å². The summed E-state index contributed by atoms with van der Waals surface area (Å²) in [6.07, 6.45) is 5.74. The molecule has 3 aliphatic heterocycles. The number of benzene rings is 1. The molecule has 5 heterocycles. The second kappa shape index (κ2) is 9.75. The highest BCUT2D eigenvalue weighted by Gasteiger charge is 2.39. The highest BCUT2D eigenvalue weighted by atomic mass is 19.1. The van der Waals surface area contributed by atoms with Gasteiger partial charge >= 0.3 is 5.97 Å². The van der Waals surface area contributed by atoms with E-state index in [2.05, 4.69) is 13.8 Å². The summed E-state index contributed by atoms with van der Waals surface area (Å²) in [4.78, 5) is 32.2. The van der Waals surface area contributed by atoms with Crippen LogP contribution in [0.15, 0.2) is 29.8 Å². The van der Waals surface area contributed by atoms with Crippen LogP contribution in [0.2, 0.25) is 0 Å². The first kappa shape index (κ1) is 25.5. The van der Waals surface area contributed by atoms with Crippen molar-refractivity contribution in [2.24, 2.45) is 0 Å². The van der Waals surface area contributed by atoms with Crippen LogP contribution in [0.3, 0.4) is 0 Å². The lowest BCUT2D eigenvalue weighted by molar-refractivity contribution is -0.136. The van der Waals surface area contributed by atoms with E-state index in [0.717, 1.165) is 31.4 Å². The predicted molar refractivity (Wildman–Crippen MR) is 141 cm³/mol. The van der Waals surface area contributed by atoms with E-state index in [1.54, 1.807) is 28.8 Å².